The van der Waals surface area contributed by atoms with Crippen molar-refractivity contribution in [2.24, 2.45) is 34.5 Å². The summed E-state index contributed by atoms with van der Waals surface area (Å²) >= 11 is 0. The highest BCUT2D eigenvalue weighted by molar-refractivity contribution is 5.87. The van der Waals surface area contributed by atoms with E-state index in [9.17, 15) is 14.4 Å². The average molecular weight is 391 g/mol. The first-order valence-electron chi connectivity index (χ1n) is 10.6. The smallest absolute Gasteiger partial charge is 0.305 e. The molecule has 28 heavy (non-hydrogen) atoms. The molecule has 156 valence electrons. The Hall–Kier alpha value is -1.65. The summed E-state index contributed by atoms with van der Waals surface area (Å²) in [5, 5.41) is 0. The third kappa shape index (κ3) is 3.42. The van der Waals surface area contributed by atoms with Crippen molar-refractivity contribution in [3.05, 3.63) is 12.7 Å². The van der Waals surface area contributed by atoms with Gasteiger partial charge < -0.3 is 9.47 Å². The van der Waals surface area contributed by atoms with Crippen LogP contribution in [0.5, 0.6) is 0 Å². The number of ketones is 1. The van der Waals surface area contributed by atoms with Crippen LogP contribution in [-0.4, -0.2) is 31.4 Å². The lowest BCUT2D eigenvalue weighted by Crippen LogP contribution is -2.55. The van der Waals surface area contributed by atoms with Crippen molar-refractivity contribution in [1.82, 2.24) is 0 Å². The molecule has 0 spiro atoms. The van der Waals surface area contributed by atoms with Gasteiger partial charge in [0.05, 0.1) is 12.5 Å². The minimum atomic E-state index is -0.754. The summed E-state index contributed by atoms with van der Waals surface area (Å²) in [5.41, 5.74) is -0.505. The number of esters is 2. The molecule has 6 atom stereocenters. The van der Waals surface area contributed by atoms with Crippen LogP contribution in [0.25, 0.3) is 0 Å². The van der Waals surface area contributed by atoms with Gasteiger partial charge in [-0.1, -0.05) is 13.0 Å². The van der Waals surface area contributed by atoms with Crippen molar-refractivity contribution >= 4 is 17.7 Å². The van der Waals surface area contributed by atoms with Crippen LogP contribution in [0.3, 0.4) is 0 Å². The number of rotatable bonds is 6. The van der Waals surface area contributed by atoms with Gasteiger partial charge in [-0.2, -0.15) is 0 Å². The fraction of sp³-hybridized carbons (Fsp3) is 0.783. The van der Waals surface area contributed by atoms with E-state index < -0.39 is 5.41 Å². The van der Waals surface area contributed by atoms with Crippen LogP contribution < -0.4 is 0 Å². The Labute approximate surface area is 168 Å². The lowest BCUT2D eigenvalue weighted by molar-refractivity contribution is -0.164. The Balaban J connectivity index is 1.92. The first-order valence-corrected chi connectivity index (χ1v) is 10.6. The SMILES string of the molecule is C=C[C@H]1CC[C@H]2[C@@H]3CCC(=O)[C@@](CCC(=O)OC)(COC(C)=O)[C@H]3CC[C@]12C. The third-order valence-corrected chi connectivity index (χ3v) is 8.30. The van der Waals surface area contributed by atoms with Gasteiger partial charge in [-0.05, 0) is 67.6 Å². The average Bonchev–Trinajstić information content (AvgIpc) is 3.02. The van der Waals surface area contributed by atoms with Crippen molar-refractivity contribution in [2.45, 2.75) is 65.2 Å². The number of ether oxygens (including phenoxy) is 2. The highest BCUT2D eigenvalue weighted by Gasteiger charge is 2.60. The van der Waals surface area contributed by atoms with E-state index >= 15 is 0 Å². The Morgan fingerprint density at radius 1 is 1.21 bits per heavy atom. The van der Waals surface area contributed by atoms with Gasteiger partial charge in [0, 0.05) is 19.8 Å². The summed E-state index contributed by atoms with van der Waals surface area (Å²) in [4.78, 5) is 36.7. The first kappa shape index (κ1) is 21.1. The molecule has 5 nitrogen and oxygen atoms in total. The highest BCUT2D eigenvalue weighted by Crippen LogP contribution is 2.64. The Morgan fingerprint density at radius 2 is 1.96 bits per heavy atom. The molecule has 3 saturated carbocycles. The summed E-state index contributed by atoms with van der Waals surface area (Å²) in [6.07, 6.45) is 8.47. The van der Waals surface area contributed by atoms with Crippen molar-refractivity contribution in [2.75, 3.05) is 13.7 Å². The molecule has 3 aliphatic rings. The van der Waals surface area contributed by atoms with Crippen LogP contribution in [0.2, 0.25) is 0 Å². The zero-order valence-corrected chi connectivity index (χ0v) is 17.5. The van der Waals surface area contributed by atoms with Crippen molar-refractivity contribution < 1.29 is 23.9 Å². The molecule has 3 aliphatic carbocycles. The van der Waals surface area contributed by atoms with E-state index in [1.807, 2.05) is 0 Å². The molecule has 0 saturated heterocycles. The number of hydrogen-bond acceptors (Lipinski definition) is 5. The van der Waals surface area contributed by atoms with Crippen LogP contribution >= 0.6 is 0 Å². The predicted molar refractivity (Wildman–Crippen MR) is 105 cm³/mol. The van der Waals surface area contributed by atoms with Crippen molar-refractivity contribution in [1.29, 1.82) is 0 Å². The van der Waals surface area contributed by atoms with Gasteiger partial charge in [-0.25, -0.2) is 0 Å². The Kier molecular flexibility index (Phi) is 6.02. The molecule has 3 fully saturated rings. The number of carbonyl (C=O) groups is 3. The number of hydrogen-bond donors (Lipinski definition) is 0. The molecule has 3 rings (SSSR count). The number of carbonyl (C=O) groups excluding carboxylic acids is 3. The molecule has 0 bridgehead atoms. The molecule has 0 unspecified atom stereocenters. The van der Waals surface area contributed by atoms with Gasteiger partial charge >= 0.3 is 11.9 Å². The summed E-state index contributed by atoms with van der Waals surface area (Å²) in [6, 6.07) is 0. The second kappa shape index (κ2) is 8.00. The molecule has 0 radical (unpaired) electrons. The lowest BCUT2D eigenvalue weighted by Gasteiger charge is -2.56. The summed E-state index contributed by atoms with van der Waals surface area (Å²) in [7, 11) is 1.37. The highest BCUT2D eigenvalue weighted by atomic mass is 16.5. The number of fused-ring (bicyclic) bond motifs is 3. The van der Waals surface area contributed by atoms with E-state index in [4.69, 9.17) is 9.47 Å². The van der Waals surface area contributed by atoms with Gasteiger partial charge in [-0.3, -0.25) is 14.4 Å². The van der Waals surface area contributed by atoms with Crippen LogP contribution in [0.15, 0.2) is 12.7 Å². The fourth-order valence-corrected chi connectivity index (χ4v) is 6.80. The zero-order chi connectivity index (χ0) is 20.5. The summed E-state index contributed by atoms with van der Waals surface area (Å²) in [5.74, 6) is 1.17. The quantitative estimate of drug-likeness (QED) is 0.504. The lowest BCUT2D eigenvalue weighted by atomic mass is 9.48. The van der Waals surface area contributed by atoms with Gasteiger partial charge in [-0.15, -0.1) is 6.58 Å². The second-order valence-electron chi connectivity index (χ2n) is 9.32. The molecule has 0 aliphatic heterocycles. The van der Waals surface area contributed by atoms with E-state index in [1.54, 1.807) is 0 Å². The molecule has 0 aromatic heterocycles. The van der Waals surface area contributed by atoms with E-state index in [0.29, 0.717) is 30.6 Å². The van der Waals surface area contributed by atoms with E-state index in [2.05, 4.69) is 19.6 Å². The number of Topliss-reactive ketones (excluding diaryl/α,β-unsaturated/α-hetero) is 1. The molecular formula is C23H34O5. The number of allylic oxidation sites excluding steroid dienone is 1. The summed E-state index contributed by atoms with van der Waals surface area (Å²) in [6.45, 7) is 7.93. The molecule has 0 heterocycles. The van der Waals surface area contributed by atoms with Crippen molar-refractivity contribution in [3.63, 3.8) is 0 Å². The molecule has 0 aromatic rings. The Bertz CT molecular complexity index is 655. The number of methoxy groups -OCH3 is 1. The maximum Gasteiger partial charge on any atom is 0.305 e. The van der Waals surface area contributed by atoms with Crippen LogP contribution in [0.4, 0.5) is 0 Å². The predicted octanol–water partition coefficient (Wildman–Crippen LogP) is 4.10. The largest absolute Gasteiger partial charge is 0.469 e. The monoisotopic (exact) mass is 390 g/mol. The maximum absolute atomic E-state index is 13.2. The van der Waals surface area contributed by atoms with Gasteiger partial charge in [0.15, 0.2) is 0 Å². The summed E-state index contributed by atoms with van der Waals surface area (Å²) < 4.78 is 10.2. The van der Waals surface area contributed by atoms with E-state index in [-0.39, 0.29) is 42.1 Å². The normalized spacial score (nSPS) is 39.6. The zero-order valence-electron chi connectivity index (χ0n) is 17.5. The van der Waals surface area contributed by atoms with E-state index in [0.717, 1.165) is 19.3 Å². The van der Waals surface area contributed by atoms with Crippen LogP contribution in [-0.2, 0) is 23.9 Å². The van der Waals surface area contributed by atoms with Gasteiger partial charge in [0.1, 0.15) is 12.4 Å². The van der Waals surface area contributed by atoms with E-state index in [1.165, 1.54) is 26.9 Å². The fourth-order valence-electron chi connectivity index (χ4n) is 6.80. The third-order valence-electron chi connectivity index (χ3n) is 8.30. The van der Waals surface area contributed by atoms with Crippen molar-refractivity contribution in [3.8, 4) is 0 Å². The molecular weight excluding hydrogens is 356 g/mol. The topological polar surface area (TPSA) is 69.7 Å². The minimum absolute atomic E-state index is 0.0909. The van der Waals surface area contributed by atoms with Crippen LogP contribution in [0.1, 0.15) is 65.2 Å². The standard InChI is InChI=1S/C23H34O5/c1-5-16-6-8-18-17-7-9-20(25)23(14-28-15(2)24,13-11-21(26)27-4)19(17)10-12-22(16,18)3/h5,16-19H,1,6-14H2,2-4H3/t16-,17-,18-,19-,22+,23-/m0/s1. The van der Waals surface area contributed by atoms with Gasteiger partial charge in [0.2, 0.25) is 0 Å². The van der Waals surface area contributed by atoms with Gasteiger partial charge in [0.25, 0.3) is 0 Å². The molecule has 0 aromatic carbocycles. The minimum Gasteiger partial charge on any atom is -0.469 e. The second-order valence-corrected chi connectivity index (χ2v) is 9.32. The van der Waals surface area contributed by atoms with Crippen LogP contribution in [0, 0.1) is 34.5 Å². The maximum atomic E-state index is 13.2. The molecule has 0 amide bonds. The molecule has 0 N–H and O–H groups in total. The first-order chi connectivity index (χ1) is 13.3. The molecule has 5 heteroatoms. The Morgan fingerprint density at radius 3 is 2.61 bits per heavy atom.